The third-order valence-corrected chi connectivity index (χ3v) is 5.93. The maximum atomic E-state index is 12.8. The number of benzene rings is 1. The van der Waals surface area contributed by atoms with Gasteiger partial charge in [0.1, 0.15) is 0 Å². The van der Waals surface area contributed by atoms with Gasteiger partial charge in [0.15, 0.2) is 0 Å². The molecule has 1 saturated heterocycles. The molecule has 1 aromatic carbocycles. The lowest BCUT2D eigenvalue weighted by atomic mass is 9.94. The van der Waals surface area contributed by atoms with E-state index in [0.717, 1.165) is 24.0 Å². The second-order valence-corrected chi connectivity index (χ2v) is 7.85. The Labute approximate surface area is 122 Å². The molecule has 2 rings (SSSR count). The van der Waals surface area contributed by atoms with E-state index in [4.69, 9.17) is 5.73 Å². The van der Waals surface area contributed by atoms with Gasteiger partial charge in [0, 0.05) is 19.1 Å². The van der Waals surface area contributed by atoms with Gasteiger partial charge in [-0.15, -0.1) is 0 Å². The molecule has 0 radical (unpaired) electrons. The molecule has 20 heavy (non-hydrogen) atoms. The van der Waals surface area contributed by atoms with Crippen LogP contribution in [0.25, 0.3) is 0 Å². The van der Waals surface area contributed by atoms with E-state index < -0.39 is 10.0 Å². The smallest absolute Gasteiger partial charge is 0.243 e. The molecule has 0 bridgehead atoms. The molecule has 0 aliphatic carbocycles. The first-order valence-electron chi connectivity index (χ1n) is 7.15. The molecule has 2 atom stereocenters. The zero-order valence-electron chi connectivity index (χ0n) is 12.5. The highest BCUT2D eigenvalue weighted by Crippen LogP contribution is 2.28. The summed E-state index contributed by atoms with van der Waals surface area (Å²) in [7, 11) is -3.44. The van der Waals surface area contributed by atoms with E-state index in [1.165, 1.54) is 0 Å². The number of piperidine rings is 1. The number of sulfonamides is 1. The Balaban J connectivity index is 2.38. The number of nitrogens with zero attached hydrogens (tertiary/aromatic N) is 1. The van der Waals surface area contributed by atoms with E-state index in [1.807, 2.05) is 19.9 Å². The summed E-state index contributed by atoms with van der Waals surface area (Å²) in [5, 5.41) is 0. The van der Waals surface area contributed by atoms with Crippen molar-refractivity contribution in [3.8, 4) is 0 Å². The Morgan fingerprint density at radius 3 is 2.40 bits per heavy atom. The van der Waals surface area contributed by atoms with Crippen LogP contribution in [0.3, 0.4) is 0 Å². The Bertz CT molecular complexity index is 563. The van der Waals surface area contributed by atoms with Gasteiger partial charge in [-0.2, -0.15) is 4.31 Å². The highest BCUT2D eigenvalue weighted by Gasteiger charge is 2.34. The van der Waals surface area contributed by atoms with Gasteiger partial charge in [-0.3, -0.25) is 0 Å². The summed E-state index contributed by atoms with van der Waals surface area (Å²) in [4.78, 5) is 0.392. The predicted molar refractivity (Wildman–Crippen MR) is 81.0 cm³/mol. The third-order valence-electron chi connectivity index (χ3n) is 4.00. The van der Waals surface area contributed by atoms with Crippen molar-refractivity contribution in [3.63, 3.8) is 0 Å². The third kappa shape index (κ3) is 3.05. The van der Waals surface area contributed by atoms with Crippen LogP contribution in [0.15, 0.2) is 23.1 Å². The minimum absolute atomic E-state index is 0.0791. The number of hydrogen-bond acceptors (Lipinski definition) is 3. The fourth-order valence-corrected chi connectivity index (χ4v) is 4.83. The number of nitrogens with two attached hydrogens (primary N) is 1. The van der Waals surface area contributed by atoms with E-state index in [9.17, 15) is 8.42 Å². The molecule has 1 aliphatic rings. The second kappa shape index (κ2) is 5.84. The average Bonchev–Trinajstić information content (AvgIpc) is 2.37. The molecule has 1 fully saturated rings. The molecule has 5 heteroatoms. The lowest BCUT2D eigenvalue weighted by Crippen LogP contribution is -2.49. The number of aryl methyl sites for hydroxylation is 2. The molecule has 1 aromatic rings. The minimum Gasteiger partial charge on any atom is -0.329 e. The summed E-state index contributed by atoms with van der Waals surface area (Å²) in [5.74, 6) is 0.536. The Kier molecular flexibility index (Phi) is 4.52. The van der Waals surface area contributed by atoms with Gasteiger partial charge in [-0.1, -0.05) is 13.0 Å². The maximum Gasteiger partial charge on any atom is 0.243 e. The predicted octanol–water partition coefficient (Wildman–Crippen LogP) is 2.05. The van der Waals surface area contributed by atoms with Crippen LogP contribution in [0.4, 0.5) is 0 Å². The molecule has 2 N–H and O–H groups in total. The Morgan fingerprint density at radius 2 is 1.85 bits per heavy atom. The van der Waals surface area contributed by atoms with Crippen LogP contribution in [0.1, 0.15) is 30.9 Å². The average molecular weight is 296 g/mol. The zero-order valence-corrected chi connectivity index (χ0v) is 13.3. The quantitative estimate of drug-likeness (QED) is 0.928. The van der Waals surface area contributed by atoms with E-state index >= 15 is 0 Å². The molecule has 4 nitrogen and oxygen atoms in total. The highest BCUT2D eigenvalue weighted by atomic mass is 32.2. The molecule has 1 aliphatic heterocycles. The Hall–Kier alpha value is -0.910. The van der Waals surface area contributed by atoms with Gasteiger partial charge in [0.2, 0.25) is 10.0 Å². The van der Waals surface area contributed by atoms with E-state index in [2.05, 4.69) is 6.92 Å². The first kappa shape index (κ1) is 15.5. The summed E-state index contributed by atoms with van der Waals surface area (Å²) < 4.78 is 27.3. The van der Waals surface area contributed by atoms with Crippen molar-refractivity contribution in [3.05, 3.63) is 29.3 Å². The fourth-order valence-electron chi connectivity index (χ4n) is 2.98. The van der Waals surface area contributed by atoms with E-state index in [1.54, 1.807) is 16.4 Å². The van der Waals surface area contributed by atoms with E-state index in [0.29, 0.717) is 23.9 Å². The van der Waals surface area contributed by atoms with Crippen LogP contribution in [-0.2, 0) is 10.0 Å². The number of rotatable bonds is 3. The molecule has 0 spiro atoms. The van der Waals surface area contributed by atoms with Gasteiger partial charge < -0.3 is 5.73 Å². The van der Waals surface area contributed by atoms with E-state index in [-0.39, 0.29) is 6.04 Å². The molecule has 0 saturated carbocycles. The zero-order chi connectivity index (χ0) is 14.9. The van der Waals surface area contributed by atoms with Crippen molar-refractivity contribution in [2.75, 3.05) is 13.1 Å². The van der Waals surface area contributed by atoms with Gasteiger partial charge in [-0.05, 0) is 55.9 Å². The fraction of sp³-hybridized carbons (Fsp3) is 0.600. The first-order valence-corrected chi connectivity index (χ1v) is 8.59. The van der Waals surface area contributed by atoms with Crippen molar-refractivity contribution < 1.29 is 8.42 Å². The maximum absolute atomic E-state index is 12.8. The van der Waals surface area contributed by atoms with Crippen molar-refractivity contribution in [1.82, 2.24) is 4.31 Å². The van der Waals surface area contributed by atoms with Crippen molar-refractivity contribution in [1.29, 1.82) is 0 Å². The van der Waals surface area contributed by atoms with Crippen LogP contribution >= 0.6 is 0 Å². The second-order valence-electron chi connectivity index (χ2n) is 5.96. The highest BCUT2D eigenvalue weighted by molar-refractivity contribution is 7.89. The summed E-state index contributed by atoms with van der Waals surface area (Å²) >= 11 is 0. The summed E-state index contributed by atoms with van der Waals surface area (Å²) in [6.07, 6.45) is 1.75. The van der Waals surface area contributed by atoms with Crippen molar-refractivity contribution in [2.24, 2.45) is 11.7 Å². The molecule has 0 amide bonds. The standard InChI is InChI=1S/C15H24N2O2S/c1-11-4-5-17(14(7-11)10-16)20(18,19)15-8-12(2)6-13(3)9-15/h6,8-9,11,14H,4-5,7,10,16H2,1-3H3. The molecule has 0 aromatic heterocycles. The van der Waals surface area contributed by atoms with Crippen LogP contribution in [0.2, 0.25) is 0 Å². The summed E-state index contributed by atoms with van der Waals surface area (Å²) in [6.45, 7) is 6.95. The molecule has 2 unspecified atom stereocenters. The van der Waals surface area contributed by atoms with Gasteiger partial charge in [-0.25, -0.2) is 8.42 Å². The normalized spacial score (nSPS) is 24.8. The lowest BCUT2D eigenvalue weighted by molar-refractivity contribution is 0.211. The van der Waals surface area contributed by atoms with Gasteiger partial charge in [0.05, 0.1) is 4.90 Å². The van der Waals surface area contributed by atoms with Crippen LogP contribution < -0.4 is 5.73 Å². The monoisotopic (exact) mass is 296 g/mol. The largest absolute Gasteiger partial charge is 0.329 e. The van der Waals surface area contributed by atoms with Crippen LogP contribution in [0, 0.1) is 19.8 Å². The lowest BCUT2D eigenvalue weighted by Gasteiger charge is -2.36. The van der Waals surface area contributed by atoms with Crippen LogP contribution in [0.5, 0.6) is 0 Å². The first-order chi connectivity index (χ1) is 9.34. The van der Waals surface area contributed by atoms with Crippen molar-refractivity contribution >= 4 is 10.0 Å². The number of hydrogen-bond donors (Lipinski definition) is 1. The van der Waals surface area contributed by atoms with Crippen LogP contribution in [-0.4, -0.2) is 31.9 Å². The molecule has 1 heterocycles. The minimum atomic E-state index is -3.44. The molecular formula is C15H24N2O2S. The molecule has 112 valence electrons. The Morgan fingerprint density at radius 1 is 1.25 bits per heavy atom. The SMILES string of the molecule is Cc1cc(C)cc(S(=O)(=O)N2CCC(C)CC2CN)c1. The van der Waals surface area contributed by atoms with Gasteiger partial charge in [0.25, 0.3) is 0 Å². The molecular weight excluding hydrogens is 272 g/mol. The van der Waals surface area contributed by atoms with Gasteiger partial charge >= 0.3 is 0 Å². The summed E-state index contributed by atoms with van der Waals surface area (Å²) in [5.41, 5.74) is 7.73. The topological polar surface area (TPSA) is 63.4 Å². The van der Waals surface area contributed by atoms with Crippen molar-refractivity contribution in [2.45, 2.75) is 44.6 Å². The summed E-state index contributed by atoms with van der Waals surface area (Å²) in [6, 6.07) is 5.39.